The zero-order chi connectivity index (χ0) is 13.5. The first kappa shape index (κ1) is 16.0. The smallest absolute Gasteiger partial charge is 0.282 e. The first-order valence-electron chi connectivity index (χ1n) is 6.02. The Hall–Kier alpha value is -2.09. The second kappa shape index (κ2) is 8.15. The topological polar surface area (TPSA) is 40.5 Å². The van der Waals surface area contributed by atoms with Gasteiger partial charge >= 0.3 is 0 Å². The molecule has 0 bridgehead atoms. The fourth-order valence-corrected chi connectivity index (χ4v) is 1.81. The summed E-state index contributed by atoms with van der Waals surface area (Å²) < 4.78 is 0. The molecule has 0 fully saturated rings. The van der Waals surface area contributed by atoms with Crippen molar-refractivity contribution in [2.45, 2.75) is 0 Å². The van der Waals surface area contributed by atoms with Crippen molar-refractivity contribution in [1.82, 2.24) is 0 Å². The maximum atomic E-state index is 9.03. The minimum Gasteiger partial charge on any atom is -0.481 e. The molecule has 3 heteroatoms. The number of benzene rings is 1. The number of hydrogen-bond donors (Lipinski definition) is 2. The van der Waals surface area contributed by atoms with Crippen LogP contribution in [-0.2, 0) is 17.1 Å². The van der Waals surface area contributed by atoms with E-state index >= 15 is 0 Å². The predicted octanol–water partition coefficient (Wildman–Crippen LogP) is 4.37. The molecule has 0 aromatic heterocycles. The Bertz CT molecular complexity index is 572. The summed E-state index contributed by atoms with van der Waals surface area (Å²) in [6.07, 6.45) is 5.33. The molecule has 0 atom stereocenters. The molecule has 0 spiro atoms. The second-order valence-corrected chi connectivity index (χ2v) is 4.01. The second-order valence-electron chi connectivity index (χ2n) is 4.01. The molecule has 0 amide bonds. The van der Waals surface area contributed by atoms with Crippen molar-refractivity contribution in [3.8, 4) is 0 Å². The van der Waals surface area contributed by atoms with Gasteiger partial charge in [-0.2, -0.15) is 18.2 Å². The zero-order valence-electron chi connectivity index (χ0n) is 10.8. The summed E-state index contributed by atoms with van der Waals surface area (Å²) in [6, 6.07) is 19.6. The minimum atomic E-state index is -0.631. The molecular formula is C17H15FeO2-. The molecule has 104 valence electrons. The van der Waals surface area contributed by atoms with Gasteiger partial charge < -0.3 is 10.2 Å². The zero-order valence-corrected chi connectivity index (χ0v) is 11.9. The van der Waals surface area contributed by atoms with Crippen molar-refractivity contribution >= 4 is 5.57 Å². The van der Waals surface area contributed by atoms with Crippen LogP contribution in [0.4, 0.5) is 0 Å². The average molecular weight is 307 g/mol. The molecule has 0 heterocycles. The molecular weight excluding hydrogens is 292 g/mol. The van der Waals surface area contributed by atoms with Gasteiger partial charge in [-0.1, -0.05) is 42.5 Å². The molecule has 0 saturated heterocycles. The predicted molar refractivity (Wildman–Crippen MR) is 77.9 cm³/mol. The van der Waals surface area contributed by atoms with Crippen LogP contribution in [0.1, 0.15) is 5.56 Å². The summed E-state index contributed by atoms with van der Waals surface area (Å²) in [5.74, 6) is -0.631. The van der Waals surface area contributed by atoms with E-state index < -0.39 is 5.95 Å². The summed E-state index contributed by atoms with van der Waals surface area (Å²) in [7, 11) is 0. The van der Waals surface area contributed by atoms with Gasteiger partial charge in [0.1, 0.15) is 0 Å². The Morgan fingerprint density at radius 1 is 0.900 bits per heavy atom. The number of hydrogen-bond acceptors (Lipinski definition) is 2. The number of rotatable bonds is 1. The van der Waals surface area contributed by atoms with Gasteiger partial charge in [0.15, 0.2) is 0 Å². The fourth-order valence-electron chi connectivity index (χ4n) is 1.81. The summed E-state index contributed by atoms with van der Waals surface area (Å²) in [4.78, 5) is 0. The van der Waals surface area contributed by atoms with Gasteiger partial charge in [0, 0.05) is 17.1 Å². The summed E-state index contributed by atoms with van der Waals surface area (Å²) in [6.45, 7) is 0. The van der Waals surface area contributed by atoms with Crippen molar-refractivity contribution in [3.63, 3.8) is 0 Å². The molecule has 0 saturated carbocycles. The number of aliphatic hydroxyl groups excluding tert-OH is 1. The van der Waals surface area contributed by atoms with Crippen LogP contribution >= 0.6 is 0 Å². The fraction of sp³-hybridized carbons (Fsp3) is 0. The summed E-state index contributed by atoms with van der Waals surface area (Å²) >= 11 is 0. The standard InChI is InChI=1S/C12H10O2.C5H5.Fe/c13-12(14)11-8-4-7-10(11)9-5-2-1-3-6-9;1-2-4-5-3-1;/h1-8,13-14H;1-5H;/q;-1;. The third-order valence-corrected chi connectivity index (χ3v) is 2.70. The van der Waals surface area contributed by atoms with Crippen LogP contribution in [0.3, 0.4) is 0 Å². The van der Waals surface area contributed by atoms with Gasteiger partial charge in [0.05, 0.1) is 5.57 Å². The van der Waals surface area contributed by atoms with Crippen LogP contribution in [0.25, 0.3) is 5.57 Å². The third kappa shape index (κ3) is 4.23. The SMILES string of the molecule is OC(O)=C1C=CC=C1c1ccccc1.[Fe].c1cc[cH-]c1. The van der Waals surface area contributed by atoms with Crippen molar-refractivity contribution < 1.29 is 27.3 Å². The van der Waals surface area contributed by atoms with E-state index in [2.05, 4.69) is 0 Å². The van der Waals surface area contributed by atoms with E-state index in [1.54, 1.807) is 12.2 Å². The molecule has 3 rings (SSSR count). The van der Waals surface area contributed by atoms with E-state index in [4.69, 9.17) is 10.2 Å². The van der Waals surface area contributed by atoms with Crippen LogP contribution in [0.2, 0.25) is 0 Å². The van der Waals surface area contributed by atoms with E-state index in [-0.39, 0.29) is 17.1 Å². The van der Waals surface area contributed by atoms with Crippen LogP contribution in [0.5, 0.6) is 0 Å². The van der Waals surface area contributed by atoms with Gasteiger partial charge in [-0.25, -0.2) is 12.1 Å². The van der Waals surface area contributed by atoms with Gasteiger partial charge in [0.25, 0.3) is 5.95 Å². The molecule has 0 aliphatic heterocycles. The Labute approximate surface area is 129 Å². The molecule has 2 N–H and O–H groups in total. The Morgan fingerprint density at radius 2 is 1.55 bits per heavy atom. The Balaban J connectivity index is 0.000000283. The molecule has 2 nitrogen and oxygen atoms in total. The monoisotopic (exact) mass is 307 g/mol. The van der Waals surface area contributed by atoms with Gasteiger partial charge in [-0.15, -0.1) is 0 Å². The molecule has 1 aliphatic carbocycles. The average Bonchev–Trinajstić information content (AvgIpc) is 3.14. The molecule has 20 heavy (non-hydrogen) atoms. The molecule has 2 aromatic rings. The van der Waals surface area contributed by atoms with Crippen molar-refractivity contribution in [2.75, 3.05) is 0 Å². The molecule has 0 radical (unpaired) electrons. The van der Waals surface area contributed by atoms with Crippen molar-refractivity contribution in [1.29, 1.82) is 0 Å². The normalized spacial score (nSPS) is 12.0. The van der Waals surface area contributed by atoms with Gasteiger partial charge in [-0.3, -0.25) is 0 Å². The van der Waals surface area contributed by atoms with Crippen LogP contribution < -0.4 is 0 Å². The van der Waals surface area contributed by atoms with E-state index in [1.165, 1.54) is 0 Å². The van der Waals surface area contributed by atoms with Crippen molar-refractivity contribution in [3.05, 3.63) is 96.0 Å². The minimum absolute atomic E-state index is 0. The van der Waals surface area contributed by atoms with Crippen LogP contribution in [-0.4, -0.2) is 10.2 Å². The molecule has 1 aliphatic rings. The van der Waals surface area contributed by atoms with Crippen LogP contribution in [0.15, 0.2) is 90.4 Å². The van der Waals surface area contributed by atoms with E-state index in [1.807, 2.05) is 66.7 Å². The first-order chi connectivity index (χ1) is 9.29. The van der Waals surface area contributed by atoms with Gasteiger partial charge in [-0.05, 0) is 17.2 Å². The van der Waals surface area contributed by atoms with Crippen LogP contribution in [0, 0.1) is 0 Å². The summed E-state index contributed by atoms with van der Waals surface area (Å²) in [5.41, 5.74) is 2.29. The Morgan fingerprint density at radius 3 is 2.05 bits per heavy atom. The quantitative estimate of drug-likeness (QED) is 0.466. The number of allylic oxidation sites excluding steroid dienone is 5. The van der Waals surface area contributed by atoms with Gasteiger partial charge in [0.2, 0.25) is 0 Å². The van der Waals surface area contributed by atoms with Crippen molar-refractivity contribution in [2.24, 2.45) is 0 Å². The van der Waals surface area contributed by atoms with E-state index in [9.17, 15) is 0 Å². The van der Waals surface area contributed by atoms with E-state index in [0.29, 0.717) is 5.57 Å². The van der Waals surface area contributed by atoms with E-state index in [0.717, 1.165) is 11.1 Å². The molecule has 0 unspecified atom stereocenters. The largest absolute Gasteiger partial charge is 0.481 e. The number of aliphatic hydroxyl groups is 2. The maximum Gasteiger partial charge on any atom is 0.282 e. The maximum absolute atomic E-state index is 9.03. The molecule has 2 aromatic carbocycles. The Kier molecular flexibility index (Phi) is 6.51. The third-order valence-electron chi connectivity index (χ3n) is 2.70. The first-order valence-corrected chi connectivity index (χ1v) is 6.02. The summed E-state index contributed by atoms with van der Waals surface area (Å²) in [5, 5.41) is 18.1.